The third-order valence-corrected chi connectivity index (χ3v) is 10.2. The zero-order chi connectivity index (χ0) is 40.2. The molecule has 3 aromatic rings. The van der Waals surface area contributed by atoms with Crippen molar-refractivity contribution in [3.05, 3.63) is 93.0 Å². The number of carbonyl (C=O) groups is 2. The molecule has 54 heavy (non-hydrogen) atoms. The zero-order valence-electron chi connectivity index (χ0n) is 31.9. The van der Waals surface area contributed by atoms with E-state index in [-0.39, 0.29) is 44.8 Å². The van der Waals surface area contributed by atoms with Gasteiger partial charge in [0.15, 0.2) is 0 Å². The molecule has 1 heterocycles. The Labute approximate surface area is 326 Å². The van der Waals surface area contributed by atoms with Crippen molar-refractivity contribution in [1.82, 2.24) is 5.32 Å². The first kappa shape index (κ1) is 42.9. The average molecular weight is 789 g/mol. The van der Waals surface area contributed by atoms with Crippen molar-refractivity contribution >= 4 is 40.8 Å². The molecule has 0 spiro atoms. The van der Waals surface area contributed by atoms with Crippen molar-refractivity contribution in [2.45, 2.75) is 102 Å². The van der Waals surface area contributed by atoms with Crippen LogP contribution < -0.4 is 15.4 Å². The summed E-state index contributed by atoms with van der Waals surface area (Å²) in [6, 6.07) is 12.9. The average Bonchev–Trinajstić information content (AvgIpc) is 3.38. The van der Waals surface area contributed by atoms with Crippen molar-refractivity contribution in [1.29, 1.82) is 5.26 Å². The highest BCUT2D eigenvalue weighted by Gasteiger charge is 2.61. The number of anilines is 1. The smallest absolute Gasteiger partial charge is 0.338 e. The predicted octanol–water partition coefficient (Wildman–Crippen LogP) is 8.74. The minimum atomic E-state index is -1.81. The number of ether oxygens (including phenoxy) is 3. The number of nitriles is 1. The number of benzene rings is 3. The highest BCUT2D eigenvalue weighted by Crippen LogP contribution is 2.53. The Balaban J connectivity index is 1.70. The number of methoxy groups -OCH3 is 1. The minimum Gasteiger partial charge on any atom is -0.495 e. The maximum atomic E-state index is 16.1. The van der Waals surface area contributed by atoms with E-state index in [4.69, 9.17) is 37.4 Å². The summed E-state index contributed by atoms with van der Waals surface area (Å²) in [7, 11) is 1.37. The second kappa shape index (κ2) is 16.9. The molecule has 4 rings (SSSR count). The SMILES string of the molecule is COc1cc(C(=O)OC(C)(C)CCOC(C)(C)CCO)ccc1NC(=O)[C@@H]1N[C@@H](CC(C)(C)C)[C@](C#N)(c2ccc(Cl)cc2F)[C@H]1c1cccc(Cl)c1F. The van der Waals surface area contributed by atoms with Gasteiger partial charge in [0.1, 0.15) is 28.4 Å². The van der Waals surface area contributed by atoms with Crippen molar-refractivity contribution in [3.8, 4) is 11.8 Å². The molecule has 292 valence electrons. The Kier molecular flexibility index (Phi) is 13.5. The number of hydrogen-bond acceptors (Lipinski definition) is 8. The topological polar surface area (TPSA) is 130 Å². The molecule has 13 heteroatoms. The van der Waals surface area contributed by atoms with Gasteiger partial charge in [-0.25, -0.2) is 13.6 Å². The second-order valence-corrected chi connectivity index (χ2v) is 16.9. The molecule has 0 aromatic heterocycles. The summed E-state index contributed by atoms with van der Waals surface area (Å²) in [5.74, 6) is -4.04. The summed E-state index contributed by atoms with van der Waals surface area (Å²) in [5.41, 5.74) is -3.40. The summed E-state index contributed by atoms with van der Waals surface area (Å²) >= 11 is 12.4. The van der Waals surface area contributed by atoms with Crippen LogP contribution in [0.4, 0.5) is 14.5 Å². The highest BCUT2D eigenvalue weighted by molar-refractivity contribution is 6.31. The second-order valence-electron chi connectivity index (χ2n) is 16.1. The number of nitrogens with one attached hydrogen (secondary N) is 2. The molecule has 1 amide bonds. The standard InChI is InChI=1S/C41H49Cl2F2N3O6/c1-38(2,3)22-32-41(23-46,27-14-13-25(42)21-29(27)44)33(26-10-9-11-28(43)34(26)45)35(48-32)36(50)47-30-15-12-24(20-31(30)52-8)37(51)54-40(6,7)17-19-53-39(4,5)16-18-49/h9-15,20-21,32-33,35,48-49H,16-19,22H2,1-8H3,(H,47,50)/t32-,33-,35+,41-/m0/s1. The van der Waals surface area contributed by atoms with Crippen LogP contribution in [0.2, 0.25) is 10.0 Å². The molecule has 3 N–H and O–H groups in total. The van der Waals surface area contributed by atoms with Gasteiger partial charge in [-0.2, -0.15) is 5.26 Å². The monoisotopic (exact) mass is 787 g/mol. The van der Waals surface area contributed by atoms with Gasteiger partial charge in [-0.1, -0.05) is 62.2 Å². The Morgan fingerprint density at radius 1 is 1.00 bits per heavy atom. The third kappa shape index (κ3) is 9.71. The lowest BCUT2D eigenvalue weighted by Crippen LogP contribution is -2.45. The minimum absolute atomic E-state index is 0.0103. The molecule has 3 aromatic carbocycles. The predicted molar refractivity (Wildman–Crippen MR) is 205 cm³/mol. The molecule has 0 unspecified atom stereocenters. The van der Waals surface area contributed by atoms with Gasteiger partial charge in [-0.15, -0.1) is 0 Å². The number of carbonyl (C=O) groups excluding carboxylic acids is 2. The van der Waals surface area contributed by atoms with Crippen LogP contribution in [-0.2, 0) is 19.7 Å². The van der Waals surface area contributed by atoms with E-state index < -0.39 is 63.5 Å². The first-order chi connectivity index (χ1) is 25.2. The first-order valence-corrected chi connectivity index (χ1v) is 18.5. The Bertz CT molecular complexity index is 1890. The lowest BCUT2D eigenvalue weighted by molar-refractivity contribution is -0.118. The van der Waals surface area contributed by atoms with E-state index in [1.54, 1.807) is 13.8 Å². The molecule has 1 aliphatic heterocycles. The number of amides is 1. The Morgan fingerprint density at radius 3 is 2.31 bits per heavy atom. The van der Waals surface area contributed by atoms with Crippen molar-refractivity contribution in [2.75, 3.05) is 25.6 Å². The van der Waals surface area contributed by atoms with Crippen LogP contribution in [0.15, 0.2) is 54.6 Å². The van der Waals surface area contributed by atoms with E-state index in [0.29, 0.717) is 25.9 Å². The lowest BCUT2D eigenvalue weighted by Gasteiger charge is -2.37. The molecule has 1 fully saturated rings. The molecule has 0 aliphatic carbocycles. The summed E-state index contributed by atoms with van der Waals surface area (Å²) in [6.07, 6.45) is 1.15. The summed E-state index contributed by atoms with van der Waals surface area (Å²) in [5, 5.41) is 26.4. The molecule has 1 aliphatic rings. The molecule has 9 nitrogen and oxygen atoms in total. The van der Waals surface area contributed by atoms with E-state index in [1.165, 1.54) is 55.6 Å². The van der Waals surface area contributed by atoms with Gasteiger partial charge in [-0.3, -0.25) is 4.79 Å². The Morgan fingerprint density at radius 2 is 1.70 bits per heavy atom. The van der Waals surface area contributed by atoms with Crippen LogP contribution in [0.25, 0.3) is 0 Å². The number of halogens is 4. The van der Waals surface area contributed by atoms with Crippen molar-refractivity contribution in [2.24, 2.45) is 5.41 Å². The van der Waals surface area contributed by atoms with Gasteiger partial charge >= 0.3 is 5.97 Å². The quantitative estimate of drug-likeness (QED) is 0.138. The first-order valence-electron chi connectivity index (χ1n) is 17.7. The highest BCUT2D eigenvalue weighted by atomic mass is 35.5. The van der Waals surface area contributed by atoms with Crippen LogP contribution >= 0.6 is 23.2 Å². The van der Waals surface area contributed by atoms with E-state index in [0.717, 1.165) is 6.07 Å². The van der Waals surface area contributed by atoms with E-state index in [2.05, 4.69) is 16.7 Å². The number of rotatable bonds is 14. The lowest BCUT2D eigenvalue weighted by atomic mass is 9.62. The third-order valence-electron chi connectivity index (χ3n) is 9.71. The molecule has 4 atom stereocenters. The largest absolute Gasteiger partial charge is 0.495 e. The van der Waals surface area contributed by atoms with Crippen LogP contribution in [-0.4, -0.2) is 60.6 Å². The van der Waals surface area contributed by atoms with Crippen molar-refractivity contribution < 1.29 is 37.7 Å². The number of aliphatic hydroxyl groups is 1. The van der Waals surface area contributed by atoms with Gasteiger partial charge in [0, 0.05) is 35.6 Å². The molecule has 0 saturated carbocycles. The summed E-state index contributed by atoms with van der Waals surface area (Å²) in [6.45, 7) is 13.4. The number of hydrogen-bond donors (Lipinski definition) is 3. The number of esters is 1. The maximum Gasteiger partial charge on any atom is 0.338 e. The van der Waals surface area contributed by atoms with Gasteiger partial charge < -0.3 is 30.0 Å². The van der Waals surface area contributed by atoms with E-state index in [9.17, 15) is 20.0 Å². The summed E-state index contributed by atoms with van der Waals surface area (Å²) in [4.78, 5) is 27.7. The van der Waals surface area contributed by atoms with Crippen LogP contribution in [0, 0.1) is 28.4 Å². The molecular weight excluding hydrogens is 739 g/mol. The van der Waals surface area contributed by atoms with Gasteiger partial charge in [0.05, 0.1) is 47.7 Å². The van der Waals surface area contributed by atoms with E-state index >= 15 is 8.78 Å². The van der Waals surface area contributed by atoms with Crippen LogP contribution in [0.3, 0.4) is 0 Å². The Hall–Kier alpha value is -3.79. The van der Waals surface area contributed by atoms with Crippen LogP contribution in [0.5, 0.6) is 5.75 Å². The number of aliphatic hydroxyl groups excluding tert-OH is 1. The van der Waals surface area contributed by atoms with Gasteiger partial charge in [0.25, 0.3) is 0 Å². The fourth-order valence-electron chi connectivity index (χ4n) is 6.96. The molecule has 1 saturated heterocycles. The number of nitrogens with zero attached hydrogens (tertiary/aromatic N) is 1. The molecular formula is C41H49Cl2F2N3O6. The summed E-state index contributed by atoms with van der Waals surface area (Å²) < 4.78 is 49.3. The maximum absolute atomic E-state index is 16.1. The van der Waals surface area contributed by atoms with Crippen LogP contribution in [0.1, 0.15) is 95.1 Å². The van der Waals surface area contributed by atoms with E-state index in [1.807, 2.05) is 34.6 Å². The zero-order valence-corrected chi connectivity index (χ0v) is 33.4. The fourth-order valence-corrected chi connectivity index (χ4v) is 7.30. The fraction of sp³-hybridized carbons (Fsp3) is 0.488. The van der Waals surface area contributed by atoms with Gasteiger partial charge in [0.2, 0.25) is 5.91 Å². The van der Waals surface area contributed by atoms with Crippen molar-refractivity contribution in [3.63, 3.8) is 0 Å². The molecule has 0 bridgehead atoms. The molecule has 0 radical (unpaired) electrons. The normalized spacial score (nSPS) is 20.3. The van der Waals surface area contributed by atoms with Gasteiger partial charge in [-0.05, 0) is 87.9 Å².